The number of halogens is 1. The SMILES string of the molecule is Cc1cc(NC(=O)c2ccc(N(C)S(=O)(=O)c3ccccc3)cc2)ccc1Br. The van der Waals surface area contributed by atoms with Gasteiger partial charge in [-0.25, -0.2) is 8.42 Å². The van der Waals surface area contributed by atoms with Crippen molar-refractivity contribution in [1.82, 2.24) is 0 Å². The molecule has 0 spiro atoms. The van der Waals surface area contributed by atoms with Gasteiger partial charge in [0.05, 0.1) is 10.6 Å². The number of anilines is 2. The number of carbonyl (C=O) groups is 1. The van der Waals surface area contributed by atoms with Gasteiger partial charge in [0.25, 0.3) is 15.9 Å². The van der Waals surface area contributed by atoms with Crippen molar-refractivity contribution >= 4 is 43.2 Å². The summed E-state index contributed by atoms with van der Waals surface area (Å²) < 4.78 is 27.6. The second-order valence-electron chi connectivity index (χ2n) is 6.25. The number of nitrogens with zero attached hydrogens (tertiary/aromatic N) is 1. The fraction of sp³-hybridized carbons (Fsp3) is 0.0952. The first-order chi connectivity index (χ1) is 13.3. The number of nitrogens with one attached hydrogen (secondary N) is 1. The maximum absolute atomic E-state index is 12.7. The molecule has 0 unspecified atom stereocenters. The first kappa shape index (κ1) is 20.1. The minimum absolute atomic E-state index is 0.213. The predicted molar refractivity (Wildman–Crippen MR) is 115 cm³/mol. The van der Waals surface area contributed by atoms with E-state index in [1.807, 2.05) is 25.1 Å². The van der Waals surface area contributed by atoms with E-state index in [1.165, 1.54) is 11.4 Å². The number of amides is 1. The second-order valence-corrected chi connectivity index (χ2v) is 9.07. The van der Waals surface area contributed by atoms with Crippen LogP contribution in [-0.4, -0.2) is 21.4 Å². The fourth-order valence-electron chi connectivity index (χ4n) is 2.64. The molecule has 0 atom stereocenters. The molecular formula is C21H19BrN2O3S. The van der Waals surface area contributed by atoms with Crippen LogP contribution in [0.4, 0.5) is 11.4 Å². The minimum Gasteiger partial charge on any atom is -0.322 e. The molecule has 0 bridgehead atoms. The molecule has 0 aliphatic heterocycles. The van der Waals surface area contributed by atoms with E-state index in [1.54, 1.807) is 54.6 Å². The minimum atomic E-state index is -3.65. The number of rotatable bonds is 5. The Hall–Kier alpha value is -2.64. The number of hydrogen-bond acceptors (Lipinski definition) is 3. The Morgan fingerprint density at radius 2 is 1.61 bits per heavy atom. The molecule has 0 aromatic heterocycles. The third kappa shape index (κ3) is 4.26. The maximum atomic E-state index is 12.7. The summed E-state index contributed by atoms with van der Waals surface area (Å²) in [5.41, 5.74) is 2.62. The monoisotopic (exact) mass is 458 g/mol. The van der Waals surface area contributed by atoms with Crippen LogP contribution in [0.2, 0.25) is 0 Å². The lowest BCUT2D eigenvalue weighted by Gasteiger charge is -2.19. The molecule has 5 nitrogen and oxygen atoms in total. The Bertz CT molecular complexity index is 1100. The van der Waals surface area contributed by atoms with E-state index in [2.05, 4.69) is 21.2 Å². The zero-order valence-electron chi connectivity index (χ0n) is 15.4. The van der Waals surface area contributed by atoms with E-state index >= 15 is 0 Å². The Morgan fingerprint density at radius 1 is 0.964 bits per heavy atom. The molecule has 28 heavy (non-hydrogen) atoms. The molecule has 1 N–H and O–H groups in total. The lowest BCUT2D eigenvalue weighted by atomic mass is 10.1. The van der Waals surface area contributed by atoms with Crippen LogP contribution in [0.5, 0.6) is 0 Å². The third-order valence-electron chi connectivity index (χ3n) is 4.31. The third-order valence-corrected chi connectivity index (χ3v) is 7.00. The van der Waals surface area contributed by atoms with Crippen molar-refractivity contribution in [1.29, 1.82) is 0 Å². The highest BCUT2D eigenvalue weighted by Crippen LogP contribution is 2.23. The van der Waals surface area contributed by atoms with Crippen molar-refractivity contribution in [2.24, 2.45) is 0 Å². The lowest BCUT2D eigenvalue weighted by Crippen LogP contribution is -2.26. The van der Waals surface area contributed by atoms with Gasteiger partial charge in [0.2, 0.25) is 0 Å². The number of sulfonamides is 1. The molecule has 0 saturated carbocycles. The molecule has 1 amide bonds. The van der Waals surface area contributed by atoms with Crippen molar-refractivity contribution in [3.8, 4) is 0 Å². The fourth-order valence-corrected chi connectivity index (χ4v) is 4.10. The van der Waals surface area contributed by atoms with Crippen LogP contribution >= 0.6 is 15.9 Å². The van der Waals surface area contributed by atoms with Crippen molar-refractivity contribution in [2.45, 2.75) is 11.8 Å². The summed E-state index contributed by atoms with van der Waals surface area (Å²) in [5, 5.41) is 2.84. The first-order valence-corrected chi connectivity index (χ1v) is 10.7. The number of hydrogen-bond donors (Lipinski definition) is 1. The van der Waals surface area contributed by atoms with Crippen LogP contribution < -0.4 is 9.62 Å². The van der Waals surface area contributed by atoms with Crippen LogP contribution in [0.3, 0.4) is 0 Å². The van der Waals surface area contributed by atoms with Crippen LogP contribution in [0, 0.1) is 6.92 Å². The maximum Gasteiger partial charge on any atom is 0.264 e. The van der Waals surface area contributed by atoms with Crippen LogP contribution in [0.25, 0.3) is 0 Å². The molecule has 3 aromatic rings. The summed E-state index contributed by atoms with van der Waals surface area (Å²) >= 11 is 3.43. The van der Waals surface area contributed by atoms with Gasteiger partial charge < -0.3 is 5.32 Å². The Kier molecular flexibility index (Phi) is 5.86. The van der Waals surface area contributed by atoms with Gasteiger partial charge in [-0.3, -0.25) is 9.10 Å². The van der Waals surface area contributed by atoms with Gasteiger partial charge in [-0.15, -0.1) is 0 Å². The number of aryl methyl sites for hydroxylation is 1. The van der Waals surface area contributed by atoms with Crippen molar-refractivity contribution in [2.75, 3.05) is 16.7 Å². The Balaban J connectivity index is 1.77. The molecule has 3 aromatic carbocycles. The molecule has 0 aliphatic carbocycles. The van der Waals surface area contributed by atoms with E-state index in [9.17, 15) is 13.2 Å². The Labute approximate surface area is 173 Å². The first-order valence-electron chi connectivity index (χ1n) is 8.50. The normalized spacial score (nSPS) is 11.1. The smallest absolute Gasteiger partial charge is 0.264 e. The highest BCUT2D eigenvalue weighted by atomic mass is 79.9. The van der Waals surface area contributed by atoms with Gasteiger partial charge in [-0.05, 0) is 67.1 Å². The van der Waals surface area contributed by atoms with Gasteiger partial charge >= 0.3 is 0 Å². The molecule has 0 radical (unpaired) electrons. The Morgan fingerprint density at radius 3 is 2.21 bits per heavy atom. The molecule has 0 saturated heterocycles. The molecule has 0 heterocycles. The summed E-state index contributed by atoms with van der Waals surface area (Å²) in [5.74, 6) is -0.262. The van der Waals surface area contributed by atoms with Gasteiger partial charge in [0.15, 0.2) is 0 Å². The quantitative estimate of drug-likeness (QED) is 0.594. The summed E-state index contributed by atoms with van der Waals surface area (Å²) in [6.07, 6.45) is 0. The van der Waals surface area contributed by atoms with E-state index in [0.717, 1.165) is 10.0 Å². The molecular weight excluding hydrogens is 440 g/mol. The van der Waals surface area contributed by atoms with E-state index < -0.39 is 10.0 Å². The van der Waals surface area contributed by atoms with Gasteiger partial charge in [-0.2, -0.15) is 0 Å². The summed E-state index contributed by atoms with van der Waals surface area (Å²) in [4.78, 5) is 12.7. The van der Waals surface area contributed by atoms with E-state index in [4.69, 9.17) is 0 Å². The topological polar surface area (TPSA) is 66.5 Å². The highest BCUT2D eigenvalue weighted by Gasteiger charge is 2.21. The number of benzene rings is 3. The summed E-state index contributed by atoms with van der Waals surface area (Å²) in [7, 11) is -2.17. The predicted octanol–water partition coefficient (Wildman–Crippen LogP) is 4.83. The average molecular weight is 459 g/mol. The molecule has 0 fully saturated rings. The lowest BCUT2D eigenvalue weighted by molar-refractivity contribution is 0.102. The second kappa shape index (κ2) is 8.16. The molecule has 0 aliphatic rings. The van der Waals surface area contributed by atoms with Gasteiger partial charge in [0, 0.05) is 22.8 Å². The van der Waals surface area contributed by atoms with Crippen molar-refractivity contribution in [3.63, 3.8) is 0 Å². The van der Waals surface area contributed by atoms with Gasteiger partial charge in [0.1, 0.15) is 0 Å². The molecule has 7 heteroatoms. The van der Waals surface area contributed by atoms with Crippen molar-refractivity contribution in [3.05, 3.63) is 88.4 Å². The standard InChI is InChI=1S/C21H19BrN2O3S/c1-15-14-17(10-13-20(15)22)23-21(25)16-8-11-18(12-9-16)24(2)28(26,27)19-6-4-3-5-7-19/h3-14H,1-2H3,(H,23,25). The zero-order chi connectivity index (χ0) is 20.3. The van der Waals surface area contributed by atoms with E-state index in [-0.39, 0.29) is 10.8 Å². The number of carbonyl (C=O) groups excluding carboxylic acids is 1. The van der Waals surface area contributed by atoms with Crippen molar-refractivity contribution < 1.29 is 13.2 Å². The summed E-state index contributed by atoms with van der Waals surface area (Å²) in [6.45, 7) is 1.94. The van der Waals surface area contributed by atoms with E-state index in [0.29, 0.717) is 16.9 Å². The van der Waals surface area contributed by atoms with Gasteiger partial charge in [-0.1, -0.05) is 34.1 Å². The largest absolute Gasteiger partial charge is 0.322 e. The van der Waals surface area contributed by atoms with Crippen LogP contribution in [0.15, 0.2) is 82.2 Å². The molecule has 3 rings (SSSR count). The van der Waals surface area contributed by atoms with Crippen LogP contribution in [-0.2, 0) is 10.0 Å². The summed E-state index contributed by atoms with van der Waals surface area (Å²) in [6, 6.07) is 20.2. The zero-order valence-corrected chi connectivity index (χ0v) is 17.8. The highest BCUT2D eigenvalue weighted by molar-refractivity contribution is 9.10. The molecule has 144 valence electrons. The van der Waals surface area contributed by atoms with Crippen LogP contribution in [0.1, 0.15) is 15.9 Å². The average Bonchev–Trinajstić information content (AvgIpc) is 2.71.